The summed E-state index contributed by atoms with van der Waals surface area (Å²) in [6, 6.07) is 3.00. The lowest BCUT2D eigenvalue weighted by Gasteiger charge is -2.02. The van der Waals surface area contributed by atoms with Crippen LogP contribution in [0.25, 0.3) is 0 Å². The molecule has 0 aliphatic heterocycles. The van der Waals surface area contributed by atoms with E-state index in [0.29, 0.717) is 0 Å². The molecule has 7 heteroatoms. The molecule has 0 spiro atoms. The molecule has 16 heavy (non-hydrogen) atoms. The van der Waals surface area contributed by atoms with Crippen LogP contribution in [-0.4, -0.2) is 19.5 Å². The van der Waals surface area contributed by atoms with Gasteiger partial charge in [0.05, 0.1) is 5.56 Å². The summed E-state index contributed by atoms with van der Waals surface area (Å²) < 4.78 is 36.5. The second-order valence-electron chi connectivity index (χ2n) is 2.67. The monoisotopic (exact) mass is 244 g/mol. The summed E-state index contributed by atoms with van der Waals surface area (Å²) in [5.74, 6) is 0.262. The Morgan fingerprint density at radius 1 is 1.44 bits per heavy atom. The van der Waals surface area contributed by atoms with Crippen molar-refractivity contribution in [2.45, 2.75) is 0 Å². The molecule has 0 saturated heterocycles. The summed E-state index contributed by atoms with van der Waals surface area (Å²) in [4.78, 5) is 10.6. The lowest BCUT2D eigenvalue weighted by Crippen LogP contribution is -2.04. The molecule has 0 aliphatic rings. The van der Waals surface area contributed by atoms with Gasteiger partial charge in [0.2, 0.25) is 0 Å². The zero-order valence-electron chi connectivity index (χ0n) is 7.68. The summed E-state index contributed by atoms with van der Waals surface area (Å²) in [5.41, 5.74) is -0.229. The second-order valence-corrected chi connectivity index (χ2v) is 3.62. The molecule has 0 aromatic heterocycles. The van der Waals surface area contributed by atoms with E-state index >= 15 is 0 Å². The molecule has 1 aromatic rings. The van der Waals surface area contributed by atoms with Crippen LogP contribution in [0.3, 0.4) is 0 Å². The van der Waals surface area contributed by atoms with Crippen LogP contribution in [0, 0.1) is 12.3 Å². The Bertz CT molecular complexity index is 570. The molecule has 0 heterocycles. The van der Waals surface area contributed by atoms with Crippen LogP contribution >= 0.6 is 0 Å². The van der Waals surface area contributed by atoms with Crippen LogP contribution in [0.1, 0.15) is 15.9 Å². The van der Waals surface area contributed by atoms with E-state index < -0.39 is 22.2 Å². The molecule has 0 atom stereocenters. The quantitative estimate of drug-likeness (QED) is 0.632. The van der Waals surface area contributed by atoms with Gasteiger partial charge in [0.1, 0.15) is 5.75 Å². The number of aromatic carboxylic acids is 1. The van der Waals surface area contributed by atoms with Crippen LogP contribution in [0.15, 0.2) is 18.2 Å². The number of hydrogen-bond acceptors (Lipinski definition) is 4. The third kappa shape index (κ3) is 3.25. The van der Waals surface area contributed by atoms with Gasteiger partial charge in [-0.3, -0.25) is 0 Å². The molecule has 0 aliphatic carbocycles. The van der Waals surface area contributed by atoms with Crippen LogP contribution in [0.2, 0.25) is 0 Å². The predicted molar refractivity (Wildman–Crippen MR) is 52.0 cm³/mol. The van der Waals surface area contributed by atoms with E-state index in [9.17, 15) is 17.1 Å². The first-order valence-electron chi connectivity index (χ1n) is 3.81. The van der Waals surface area contributed by atoms with Crippen molar-refractivity contribution in [2.24, 2.45) is 0 Å². The van der Waals surface area contributed by atoms with E-state index in [2.05, 4.69) is 10.1 Å². The van der Waals surface area contributed by atoms with Crippen molar-refractivity contribution >= 4 is 16.5 Å². The average Bonchev–Trinajstić information content (AvgIpc) is 2.14. The Hall–Kier alpha value is -2.07. The third-order valence-electron chi connectivity index (χ3n) is 1.52. The molecular formula is C9H5FO5S. The van der Waals surface area contributed by atoms with Crippen LogP contribution < -0.4 is 4.18 Å². The molecule has 0 saturated carbocycles. The topological polar surface area (TPSA) is 80.7 Å². The summed E-state index contributed by atoms with van der Waals surface area (Å²) >= 11 is 0. The fourth-order valence-corrected chi connectivity index (χ4v) is 1.30. The number of halogens is 1. The highest BCUT2D eigenvalue weighted by Crippen LogP contribution is 2.19. The molecule has 5 nitrogen and oxygen atoms in total. The van der Waals surface area contributed by atoms with Gasteiger partial charge in [0.15, 0.2) is 0 Å². The van der Waals surface area contributed by atoms with E-state index in [1.165, 1.54) is 0 Å². The molecule has 0 radical (unpaired) electrons. The molecule has 0 bridgehead atoms. The Morgan fingerprint density at radius 3 is 2.50 bits per heavy atom. The molecular weight excluding hydrogens is 239 g/mol. The largest absolute Gasteiger partial charge is 0.488 e. The maximum Gasteiger partial charge on any atom is 0.488 e. The highest BCUT2D eigenvalue weighted by molar-refractivity contribution is 7.81. The molecule has 1 N–H and O–H groups in total. The van der Waals surface area contributed by atoms with Gasteiger partial charge in [-0.15, -0.1) is 6.42 Å². The van der Waals surface area contributed by atoms with E-state index in [1.807, 2.05) is 0 Å². The van der Waals surface area contributed by atoms with Crippen molar-refractivity contribution in [1.82, 2.24) is 0 Å². The molecule has 0 unspecified atom stereocenters. The lowest BCUT2D eigenvalue weighted by atomic mass is 10.1. The van der Waals surface area contributed by atoms with Gasteiger partial charge in [-0.1, -0.05) is 9.81 Å². The van der Waals surface area contributed by atoms with Gasteiger partial charge in [-0.05, 0) is 18.2 Å². The van der Waals surface area contributed by atoms with Gasteiger partial charge >= 0.3 is 16.5 Å². The molecule has 1 aromatic carbocycles. The third-order valence-corrected chi connectivity index (χ3v) is 1.91. The Morgan fingerprint density at radius 2 is 2.06 bits per heavy atom. The first-order chi connectivity index (χ1) is 7.31. The summed E-state index contributed by atoms with van der Waals surface area (Å²) in [7, 11) is -5.21. The zero-order chi connectivity index (χ0) is 12.3. The minimum absolute atomic E-state index is 0.0681. The first kappa shape index (κ1) is 12.0. The standard InChI is InChI=1S/C9H5FO5S/c1-2-6-3-7(9(11)12)5-8(4-6)15-16(10,13)14/h1,3-5H,(H,11,12). The van der Waals surface area contributed by atoms with Crippen molar-refractivity contribution in [1.29, 1.82) is 0 Å². The molecule has 0 fully saturated rings. The molecule has 84 valence electrons. The number of hydrogen-bond donors (Lipinski definition) is 1. The zero-order valence-corrected chi connectivity index (χ0v) is 8.49. The highest BCUT2D eigenvalue weighted by atomic mass is 32.3. The van der Waals surface area contributed by atoms with Crippen molar-refractivity contribution < 1.29 is 26.4 Å². The Kier molecular flexibility index (Phi) is 3.15. The lowest BCUT2D eigenvalue weighted by molar-refractivity contribution is 0.0696. The van der Waals surface area contributed by atoms with Gasteiger partial charge < -0.3 is 9.29 Å². The predicted octanol–water partition coefficient (Wildman–Crippen LogP) is 0.959. The average molecular weight is 244 g/mol. The first-order valence-corrected chi connectivity index (χ1v) is 5.12. The fraction of sp³-hybridized carbons (Fsp3) is 0. The van der Waals surface area contributed by atoms with E-state index in [1.54, 1.807) is 0 Å². The Balaban J connectivity index is 3.26. The van der Waals surface area contributed by atoms with Gasteiger partial charge in [0, 0.05) is 5.56 Å². The van der Waals surface area contributed by atoms with Crippen molar-refractivity contribution in [3.8, 4) is 18.1 Å². The summed E-state index contributed by atoms with van der Waals surface area (Å²) in [5, 5.41) is 8.66. The number of benzene rings is 1. The van der Waals surface area contributed by atoms with E-state index in [4.69, 9.17) is 11.5 Å². The normalized spacial score (nSPS) is 10.5. The van der Waals surface area contributed by atoms with E-state index in [-0.39, 0.29) is 11.1 Å². The maximum absolute atomic E-state index is 12.2. The Labute approximate surface area is 90.9 Å². The number of terminal acetylenes is 1. The van der Waals surface area contributed by atoms with Gasteiger partial charge in [0.25, 0.3) is 0 Å². The fourth-order valence-electron chi connectivity index (χ4n) is 0.969. The highest BCUT2D eigenvalue weighted by Gasteiger charge is 2.13. The van der Waals surface area contributed by atoms with Gasteiger partial charge in [-0.2, -0.15) is 8.42 Å². The summed E-state index contributed by atoms with van der Waals surface area (Å²) in [6.07, 6.45) is 5.01. The SMILES string of the molecule is C#Cc1cc(OS(=O)(=O)F)cc(C(=O)O)c1. The minimum atomic E-state index is -5.21. The summed E-state index contributed by atoms with van der Waals surface area (Å²) in [6.45, 7) is 0. The van der Waals surface area contributed by atoms with Crippen molar-refractivity contribution in [3.05, 3.63) is 29.3 Å². The van der Waals surface area contributed by atoms with Crippen molar-refractivity contribution in [2.75, 3.05) is 0 Å². The number of carbonyl (C=O) groups is 1. The van der Waals surface area contributed by atoms with Crippen LogP contribution in [0.5, 0.6) is 5.75 Å². The number of carboxylic acids is 1. The maximum atomic E-state index is 12.2. The molecule has 1 rings (SSSR count). The molecule has 0 amide bonds. The number of carboxylic acid groups (broad SMARTS) is 1. The van der Waals surface area contributed by atoms with E-state index in [0.717, 1.165) is 18.2 Å². The van der Waals surface area contributed by atoms with Gasteiger partial charge in [-0.25, -0.2) is 4.79 Å². The van der Waals surface area contributed by atoms with Crippen molar-refractivity contribution in [3.63, 3.8) is 0 Å². The smallest absolute Gasteiger partial charge is 0.478 e. The van der Waals surface area contributed by atoms with Crippen LogP contribution in [-0.2, 0) is 10.5 Å². The minimum Gasteiger partial charge on any atom is -0.478 e. The van der Waals surface area contributed by atoms with Crippen LogP contribution in [0.4, 0.5) is 3.89 Å². The second kappa shape index (κ2) is 4.20. The number of rotatable bonds is 3.